The van der Waals surface area contributed by atoms with Crippen molar-refractivity contribution in [3.8, 4) is 0 Å². The zero-order valence-electron chi connectivity index (χ0n) is 19.1. The lowest BCUT2D eigenvalue weighted by molar-refractivity contribution is 0.496. The van der Waals surface area contributed by atoms with E-state index in [4.69, 9.17) is 11.6 Å². The standard InChI is InChI=1S/C24H28ClN5O3S/c1-15-12-19(34(32,33)18-8-10-26-11-9-18)6-7-21(15)28-24-27-14-16-13-20(25)23(31)30(22(16)29-24)17-4-2-3-5-17/h6-7,12-14,17-18,26H,2-5,8-11H2,1H3,(H,27,28,29). The highest BCUT2D eigenvalue weighted by atomic mass is 35.5. The summed E-state index contributed by atoms with van der Waals surface area (Å²) in [6.45, 7) is 3.30. The summed E-state index contributed by atoms with van der Waals surface area (Å²) < 4.78 is 27.8. The number of fused-ring (bicyclic) bond motifs is 1. The van der Waals surface area contributed by atoms with Crippen LogP contribution in [0.3, 0.4) is 0 Å². The number of piperidine rings is 1. The molecule has 0 spiro atoms. The third kappa shape index (κ3) is 4.32. The van der Waals surface area contributed by atoms with Crippen LogP contribution in [0.1, 0.15) is 50.1 Å². The molecule has 3 heterocycles. The first-order valence-corrected chi connectivity index (χ1v) is 13.7. The molecule has 1 aromatic carbocycles. The highest BCUT2D eigenvalue weighted by molar-refractivity contribution is 7.92. The van der Waals surface area contributed by atoms with Crippen LogP contribution in [0.25, 0.3) is 11.0 Å². The zero-order valence-corrected chi connectivity index (χ0v) is 20.6. The van der Waals surface area contributed by atoms with Gasteiger partial charge in [0.2, 0.25) is 5.95 Å². The molecule has 2 aliphatic rings. The Hall–Kier alpha value is -2.49. The molecule has 34 heavy (non-hydrogen) atoms. The molecule has 1 aliphatic carbocycles. The van der Waals surface area contributed by atoms with Crippen molar-refractivity contribution in [3.05, 3.63) is 51.4 Å². The largest absolute Gasteiger partial charge is 0.324 e. The van der Waals surface area contributed by atoms with E-state index < -0.39 is 9.84 Å². The van der Waals surface area contributed by atoms with Crippen LogP contribution in [0.4, 0.5) is 11.6 Å². The molecule has 0 atom stereocenters. The van der Waals surface area contributed by atoms with Crippen LogP contribution in [-0.4, -0.2) is 41.3 Å². The van der Waals surface area contributed by atoms with Gasteiger partial charge >= 0.3 is 0 Å². The van der Waals surface area contributed by atoms with Crippen molar-refractivity contribution >= 4 is 44.1 Å². The summed E-state index contributed by atoms with van der Waals surface area (Å²) in [7, 11) is -3.38. The van der Waals surface area contributed by atoms with E-state index in [9.17, 15) is 13.2 Å². The van der Waals surface area contributed by atoms with Gasteiger partial charge in [-0.15, -0.1) is 0 Å². The number of rotatable bonds is 5. The zero-order chi connectivity index (χ0) is 23.9. The number of aromatic nitrogens is 3. The van der Waals surface area contributed by atoms with Gasteiger partial charge in [-0.25, -0.2) is 13.4 Å². The Morgan fingerprint density at radius 1 is 1.12 bits per heavy atom. The number of benzene rings is 1. The van der Waals surface area contributed by atoms with Crippen LogP contribution in [0.5, 0.6) is 0 Å². The Labute approximate surface area is 203 Å². The summed E-state index contributed by atoms with van der Waals surface area (Å²) in [5.74, 6) is 0.345. The number of nitrogens with one attached hydrogen (secondary N) is 2. The topological polar surface area (TPSA) is 106 Å². The predicted octanol–water partition coefficient (Wildman–Crippen LogP) is 4.14. The Morgan fingerprint density at radius 2 is 1.85 bits per heavy atom. The molecule has 0 unspecified atom stereocenters. The van der Waals surface area contributed by atoms with Gasteiger partial charge in [-0.1, -0.05) is 24.4 Å². The molecule has 3 aromatic rings. The summed E-state index contributed by atoms with van der Waals surface area (Å²) in [5, 5.41) is 6.94. The fourth-order valence-corrected chi connectivity index (χ4v) is 7.07. The van der Waals surface area contributed by atoms with E-state index in [0.29, 0.717) is 40.4 Å². The molecule has 2 aromatic heterocycles. The molecule has 0 bridgehead atoms. The monoisotopic (exact) mass is 501 g/mol. The average molecular weight is 502 g/mol. The molecular formula is C24H28ClN5O3S. The van der Waals surface area contributed by atoms with Gasteiger partial charge in [0.15, 0.2) is 9.84 Å². The first-order valence-electron chi connectivity index (χ1n) is 11.7. The third-order valence-electron chi connectivity index (χ3n) is 6.92. The second kappa shape index (κ2) is 9.28. The van der Waals surface area contributed by atoms with E-state index in [1.165, 1.54) is 0 Å². The van der Waals surface area contributed by atoms with Crippen LogP contribution in [0, 0.1) is 6.92 Å². The second-order valence-corrected chi connectivity index (χ2v) is 11.8. The number of anilines is 2. The second-order valence-electron chi connectivity index (χ2n) is 9.17. The van der Waals surface area contributed by atoms with E-state index in [1.807, 2.05) is 6.92 Å². The van der Waals surface area contributed by atoms with Gasteiger partial charge in [0, 0.05) is 23.3 Å². The van der Waals surface area contributed by atoms with Gasteiger partial charge in [-0.2, -0.15) is 4.98 Å². The third-order valence-corrected chi connectivity index (χ3v) is 9.45. The number of pyridine rings is 1. The maximum absolute atomic E-state index is 13.1. The Kier molecular flexibility index (Phi) is 6.35. The van der Waals surface area contributed by atoms with Gasteiger partial charge in [-0.05, 0) is 75.5 Å². The fourth-order valence-electron chi connectivity index (χ4n) is 5.02. The molecule has 0 radical (unpaired) electrons. The van der Waals surface area contributed by atoms with Gasteiger partial charge < -0.3 is 10.6 Å². The molecule has 2 N–H and O–H groups in total. The number of halogens is 1. The van der Waals surface area contributed by atoms with Crippen molar-refractivity contribution in [2.75, 3.05) is 18.4 Å². The first-order chi connectivity index (χ1) is 16.3. The molecule has 1 saturated heterocycles. The Morgan fingerprint density at radius 3 is 2.56 bits per heavy atom. The van der Waals surface area contributed by atoms with Crippen LogP contribution in [0.15, 0.2) is 40.2 Å². The van der Waals surface area contributed by atoms with Crippen molar-refractivity contribution < 1.29 is 8.42 Å². The number of nitrogens with zero attached hydrogens (tertiary/aromatic N) is 3. The Bertz CT molecular complexity index is 1390. The minimum Gasteiger partial charge on any atom is -0.324 e. The van der Waals surface area contributed by atoms with Gasteiger partial charge in [0.05, 0.1) is 10.1 Å². The van der Waals surface area contributed by atoms with Crippen molar-refractivity contribution in [2.24, 2.45) is 0 Å². The maximum atomic E-state index is 13.1. The minimum atomic E-state index is -3.38. The highest BCUT2D eigenvalue weighted by Crippen LogP contribution is 2.32. The molecule has 8 nitrogen and oxygen atoms in total. The van der Waals surface area contributed by atoms with Crippen molar-refractivity contribution in [1.82, 2.24) is 19.9 Å². The Balaban J connectivity index is 1.47. The number of aryl methyl sites for hydroxylation is 1. The van der Waals surface area contributed by atoms with Crippen LogP contribution in [-0.2, 0) is 9.84 Å². The average Bonchev–Trinajstić information content (AvgIpc) is 3.36. The van der Waals surface area contributed by atoms with Gasteiger partial charge in [-0.3, -0.25) is 9.36 Å². The molecule has 2 fully saturated rings. The van der Waals surface area contributed by atoms with E-state index in [0.717, 1.165) is 44.3 Å². The molecule has 1 aliphatic heterocycles. The first kappa shape index (κ1) is 23.3. The highest BCUT2D eigenvalue weighted by Gasteiger charge is 2.29. The summed E-state index contributed by atoms with van der Waals surface area (Å²) >= 11 is 6.21. The fraction of sp³-hybridized carbons (Fsp3) is 0.458. The molecule has 0 amide bonds. The SMILES string of the molecule is Cc1cc(S(=O)(=O)C2CCNCC2)ccc1Nc1ncc2cc(Cl)c(=O)n(C3CCCC3)c2n1. The van der Waals surface area contributed by atoms with Gasteiger partial charge in [0.1, 0.15) is 10.7 Å². The quantitative estimate of drug-likeness (QED) is 0.541. The van der Waals surface area contributed by atoms with Crippen molar-refractivity contribution in [1.29, 1.82) is 0 Å². The number of sulfone groups is 1. The summed E-state index contributed by atoms with van der Waals surface area (Å²) in [6, 6.07) is 6.79. The number of hydrogen-bond acceptors (Lipinski definition) is 7. The molecule has 10 heteroatoms. The van der Waals surface area contributed by atoms with Crippen molar-refractivity contribution in [3.63, 3.8) is 0 Å². The minimum absolute atomic E-state index is 0.0812. The van der Waals surface area contributed by atoms with Crippen LogP contribution < -0.4 is 16.2 Å². The summed E-state index contributed by atoms with van der Waals surface area (Å²) in [6.07, 6.45) is 6.91. The maximum Gasteiger partial charge on any atom is 0.271 e. The normalized spacial score (nSPS) is 17.9. The van der Waals surface area contributed by atoms with Crippen molar-refractivity contribution in [2.45, 2.75) is 61.6 Å². The molecular weight excluding hydrogens is 474 g/mol. The van der Waals surface area contributed by atoms with E-state index in [-0.39, 0.29) is 21.9 Å². The molecule has 1 saturated carbocycles. The lowest BCUT2D eigenvalue weighted by atomic mass is 10.2. The van der Waals surface area contributed by atoms with Crippen LogP contribution >= 0.6 is 11.6 Å². The molecule has 180 valence electrons. The van der Waals surface area contributed by atoms with Gasteiger partial charge in [0.25, 0.3) is 5.56 Å². The number of hydrogen-bond donors (Lipinski definition) is 2. The smallest absolute Gasteiger partial charge is 0.271 e. The molecule has 5 rings (SSSR count). The predicted molar refractivity (Wildman–Crippen MR) is 134 cm³/mol. The van der Waals surface area contributed by atoms with E-state index in [2.05, 4.69) is 20.6 Å². The summed E-state index contributed by atoms with van der Waals surface area (Å²) in [5.41, 5.74) is 1.83. The van der Waals surface area contributed by atoms with E-state index in [1.54, 1.807) is 35.0 Å². The summed E-state index contributed by atoms with van der Waals surface area (Å²) in [4.78, 5) is 22.2. The van der Waals surface area contributed by atoms with E-state index >= 15 is 0 Å². The lowest BCUT2D eigenvalue weighted by Gasteiger charge is -2.23. The van der Waals surface area contributed by atoms with Crippen LogP contribution in [0.2, 0.25) is 5.02 Å². The lowest BCUT2D eigenvalue weighted by Crippen LogP contribution is -2.35.